The van der Waals surface area contributed by atoms with E-state index < -0.39 is 38.7 Å². The van der Waals surface area contributed by atoms with Crippen LogP contribution in [0, 0.1) is 0 Å². The molecule has 0 radical (unpaired) electrons. The number of sulfonamides is 1. The zero-order chi connectivity index (χ0) is 22.7. The van der Waals surface area contributed by atoms with Gasteiger partial charge in [0.1, 0.15) is 6.04 Å². The minimum absolute atomic E-state index is 0.158. The molecule has 1 atom stereocenters. The molecule has 7 nitrogen and oxygen atoms in total. The Morgan fingerprint density at radius 2 is 2.03 bits per heavy atom. The van der Waals surface area contributed by atoms with Crippen LogP contribution in [0.1, 0.15) is 25.8 Å². The van der Waals surface area contributed by atoms with Crippen molar-refractivity contribution in [1.29, 1.82) is 0 Å². The fourth-order valence-corrected chi connectivity index (χ4v) is 5.47. The zero-order valence-corrected chi connectivity index (χ0v) is 19.2. The van der Waals surface area contributed by atoms with E-state index >= 15 is 0 Å². The highest BCUT2D eigenvalue weighted by Gasteiger charge is 2.36. The van der Waals surface area contributed by atoms with Gasteiger partial charge in [-0.15, -0.1) is 10.2 Å². The highest BCUT2D eigenvalue weighted by atomic mass is 35.5. The van der Waals surface area contributed by atoms with Crippen molar-refractivity contribution in [2.24, 2.45) is 0 Å². The first-order valence-corrected chi connectivity index (χ1v) is 12.5. The molecule has 14 heteroatoms. The summed E-state index contributed by atoms with van der Waals surface area (Å²) in [4.78, 5) is 12.6. The molecule has 0 bridgehead atoms. The number of carbonyl (C=O) groups is 1. The minimum atomic E-state index is -4.79. The van der Waals surface area contributed by atoms with Gasteiger partial charge in [-0.2, -0.15) is 13.2 Å². The topological polar surface area (TPSA) is 92.3 Å². The maximum absolute atomic E-state index is 13.2. The first-order chi connectivity index (χ1) is 13.8. The second-order valence-electron chi connectivity index (χ2n) is 6.11. The average molecular weight is 503 g/mol. The number of nitrogens with one attached hydrogen (secondary N) is 1. The van der Waals surface area contributed by atoms with Gasteiger partial charge in [-0.1, -0.05) is 41.6 Å². The fourth-order valence-electron chi connectivity index (χ4n) is 2.39. The highest BCUT2D eigenvalue weighted by molar-refractivity contribution is 8.01. The molecule has 30 heavy (non-hydrogen) atoms. The second-order valence-corrected chi connectivity index (χ2v) is 10.7. The number of benzene rings is 1. The van der Waals surface area contributed by atoms with Crippen LogP contribution in [0.2, 0.25) is 5.02 Å². The summed E-state index contributed by atoms with van der Waals surface area (Å²) >= 11 is 8.18. The summed E-state index contributed by atoms with van der Waals surface area (Å²) in [6, 6.07) is 1.27. The summed E-state index contributed by atoms with van der Waals surface area (Å²) in [5.74, 6) is 0.0472. The monoisotopic (exact) mass is 502 g/mol. The van der Waals surface area contributed by atoms with Crippen LogP contribution in [-0.4, -0.2) is 42.6 Å². The van der Waals surface area contributed by atoms with Gasteiger partial charge >= 0.3 is 6.18 Å². The number of amides is 1. The summed E-state index contributed by atoms with van der Waals surface area (Å²) < 4.78 is 65.4. The van der Waals surface area contributed by atoms with Crippen LogP contribution >= 0.6 is 34.7 Å². The van der Waals surface area contributed by atoms with E-state index in [2.05, 4.69) is 15.5 Å². The normalized spacial score (nSPS) is 13.2. The number of nitrogens with zero attached hydrogens (tertiary/aromatic N) is 3. The third-order valence-electron chi connectivity index (χ3n) is 3.66. The van der Waals surface area contributed by atoms with Crippen LogP contribution in [0.5, 0.6) is 0 Å². The van der Waals surface area contributed by atoms with Crippen molar-refractivity contribution in [2.75, 3.05) is 21.6 Å². The molecule has 0 aliphatic heterocycles. The van der Waals surface area contributed by atoms with E-state index in [-0.39, 0.29) is 10.8 Å². The van der Waals surface area contributed by atoms with Crippen LogP contribution < -0.4 is 9.62 Å². The van der Waals surface area contributed by atoms with Crippen LogP contribution in [0.3, 0.4) is 0 Å². The molecule has 1 heterocycles. The number of anilines is 2. The smallest absolute Gasteiger partial charge is 0.299 e. The zero-order valence-electron chi connectivity index (χ0n) is 16.0. The molecule has 0 aliphatic rings. The maximum atomic E-state index is 13.2. The van der Waals surface area contributed by atoms with E-state index in [1.54, 1.807) is 0 Å². The number of hydrogen-bond donors (Lipinski definition) is 1. The summed E-state index contributed by atoms with van der Waals surface area (Å²) in [6.07, 6.45) is -3.07. The average Bonchev–Trinajstić information content (AvgIpc) is 3.06. The highest BCUT2D eigenvalue weighted by Crippen LogP contribution is 2.38. The van der Waals surface area contributed by atoms with Gasteiger partial charge in [-0.3, -0.25) is 14.4 Å². The largest absolute Gasteiger partial charge is 0.417 e. The molecule has 0 saturated carbocycles. The van der Waals surface area contributed by atoms with Crippen molar-refractivity contribution in [3.8, 4) is 0 Å². The Labute approximate surface area is 185 Å². The Kier molecular flexibility index (Phi) is 7.99. The fraction of sp³-hybridized carbons (Fsp3) is 0.438. The molecule has 0 unspecified atom stereocenters. The number of rotatable bonds is 8. The summed E-state index contributed by atoms with van der Waals surface area (Å²) in [5, 5.41) is 9.77. The predicted molar refractivity (Wildman–Crippen MR) is 113 cm³/mol. The Morgan fingerprint density at radius 3 is 2.60 bits per heavy atom. The standard InChI is InChI=1S/C16H18ClF3N4O3S3/c1-4-7-28-15-23-22-14(29-15)21-13(25)9(2)24(30(3,26)27)10-5-6-12(17)11(8-10)16(18,19)20/h5-6,8-9H,4,7H2,1-3H3,(H,21,22,25)/t9-/m0/s1. The van der Waals surface area contributed by atoms with Crippen LogP contribution in [0.15, 0.2) is 22.5 Å². The van der Waals surface area contributed by atoms with Crippen LogP contribution in [0.25, 0.3) is 0 Å². The number of halogens is 4. The molecule has 0 spiro atoms. The van der Waals surface area contributed by atoms with E-state index in [0.717, 1.165) is 41.9 Å². The summed E-state index contributed by atoms with van der Waals surface area (Å²) in [5.41, 5.74) is -1.54. The third-order valence-corrected chi connectivity index (χ3v) is 7.41. The summed E-state index contributed by atoms with van der Waals surface area (Å²) in [7, 11) is -4.11. The van der Waals surface area contributed by atoms with Crippen molar-refractivity contribution >= 4 is 61.4 Å². The molecule has 2 rings (SSSR count). The van der Waals surface area contributed by atoms with Gasteiger partial charge in [0.05, 0.1) is 22.5 Å². The molecule has 0 aliphatic carbocycles. The summed E-state index contributed by atoms with van der Waals surface area (Å²) in [6.45, 7) is 3.26. The molecular weight excluding hydrogens is 485 g/mol. The first kappa shape index (κ1) is 24.7. The molecule has 2 aromatic rings. The Hall–Kier alpha value is -1.57. The lowest BCUT2D eigenvalue weighted by molar-refractivity contribution is -0.137. The minimum Gasteiger partial charge on any atom is -0.299 e. The van der Waals surface area contributed by atoms with Gasteiger partial charge in [0.2, 0.25) is 21.1 Å². The van der Waals surface area contributed by atoms with Gasteiger partial charge in [0.25, 0.3) is 0 Å². The lowest BCUT2D eigenvalue weighted by atomic mass is 10.1. The molecule has 1 aromatic heterocycles. The van der Waals surface area contributed by atoms with E-state index in [1.165, 1.54) is 18.7 Å². The van der Waals surface area contributed by atoms with E-state index in [0.29, 0.717) is 14.7 Å². The molecule has 1 aromatic carbocycles. The molecule has 1 N–H and O–H groups in total. The molecule has 0 saturated heterocycles. The van der Waals surface area contributed by atoms with Gasteiger partial charge in [0, 0.05) is 5.75 Å². The lowest BCUT2D eigenvalue weighted by Gasteiger charge is -2.28. The molecule has 0 fully saturated rings. The Bertz CT molecular complexity index is 1010. The van der Waals surface area contributed by atoms with Crippen molar-refractivity contribution in [3.63, 3.8) is 0 Å². The SMILES string of the molecule is CCCSc1nnc(NC(=O)[C@H](C)N(c2ccc(Cl)c(C(F)(F)F)c2)S(C)(=O)=O)s1. The number of aromatic nitrogens is 2. The quantitative estimate of drug-likeness (QED) is 0.422. The van der Waals surface area contributed by atoms with Gasteiger partial charge < -0.3 is 0 Å². The van der Waals surface area contributed by atoms with Gasteiger partial charge in [-0.25, -0.2) is 8.42 Å². The van der Waals surface area contributed by atoms with Crippen LogP contribution in [-0.2, 0) is 21.0 Å². The third kappa shape index (κ3) is 6.22. The van der Waals surface area contributed by atoms with E-state index in [4.69, 9.17) is 11.6 Å². The maximum Gasteiger partial charge on any atom is 0.417 e. The number of thioether (sulfide) groups is 1. The van der Waals surface area contributed by atoms with Gasteiger partial charge in [-0.05, 0) is 31.5 Å². The first-order valence-electron chi connectivity index (χ1n) is 8.48. The molecule has 166 valence electrons. The number of hydrogen-bond acceptors (Lipinski definition) is 7. The molecule has 1 amide bonds. The van der Waals surface area contributed by atoms with Gasteiger partial charge in [0.15, 0.2) is 4.34 Å². The molecular formula is C16H18ClF3N4O3S3. The number of carbonyl (C=O) groups excluding carboxylic acids is 1. The lowest BCUT2D eigenvalue weighted by Crippen LogP contribution is -2.45. The van der Waals surface area contributed by atoms with Crippen molar-refractivity contribution in [3.05, 3.63) is 28.8 Å². The van der Waals surface area contributed by atoms with Crippen molar-refractivity contribution in [2.45, 2.75) is 36.8 Å². The van der Waals surface area contributed by atoms with E-state index in [9.17, 15) is 26.4 Å². The van der Waals surface area contributed by atoms with E-state index in [1.807, 2.05) is 6.92 Å². The van der Waals surface area contributed by atoms with Crippen molar-refractivity contribution < 1.29 is 26.4 Å². The Morgan fingerprint density at radius 1 is 1.37 bits per heavy atom. The Balaban J connectivity index is 2.31. The predicted octanol–water partition coefficient (Wildman–Crippen LogP) is 4.51. The second kappa shape index (κ2) is 9.71. The number of alkyl halides is 3. The van der Waals surface area contributed by atoms with Crippen LogP contribution in [0.4, 0.5) is 24.0 Å². The van der Waals surface area contributed by atoms with Crippen molar-refractivity contribution in [1.82, 2.24) is 10.2 Å².